The van der Waals surface area contributed by atoms with Gasteiger partial charge in [-0.25, -0.2) is 0 Å². The average molecular weight is 473 g/mol. The van der Waals surface area contributed by atoms with Gasteiger partial charge in [0.05, 0.1) is 16.1 Å². The number of halogens is 1. The molecule has 0 radical (unpaired) electrons. The molecule has 0 N–H and O–H groups in total. The predicted octanol–water partition coefficient (Wildman–Crippen LogP) is 2.46. The molecule has 4 aromatic rings. The quantitative estimate of drug-likeness (QED) is 0.332. The molecule has 0 aliphatic carbocycles. The largest absolute Gasteiger partial charge is 0.493 e. The lowest BCUT2D eigenvalue weighted by Crippen LogP contribution is -2.23. The Balaban J connectivity index is 1.78. The Morgan fingerprint density at radius 2 is 2.17 bits per heavy atom. The van der Waals surface area contributed by atoms with Gasteiger partial charge < -0.3 is 9.47 Å². The third kappa shape index (κ3) is 3.76. The molecule has 0 bridgehead atoms. The van der Waals surface area contributed by atoms with E-state index in [0.717, 1.165) is 5.56 Å². The SMILES string of the molecule is COc1cc(/C=c2\sc3nc(-c4cccnc4)nn3c2=O)cc(Br)c1OC(C)=O. The van der Waals surface area contributed by atoms with Crippen molar-refractivity contribution in [3.05, 3.63) is 61.6 Å². The van der Waals surface area contributed by atoms with Crippen LogP contribution in [0.1, 0.15) is 12.5 Å². The number of thiazole rings is 1. The van der Waals surface area contributed by atoms with Gasteiger partial charge in [-0.3, -0.25) is 14.6 Å². The van der Waals surface area contributed by atoms with Crippen molar-refractivity contribution in [1.29, 1.82) is 0 Å². The molecule has 1 aromatic carbocycles. The first-order valence-corrected chi connectivity index (χ1v) is 9.95. The molecule has 10 heteroatoms. The number of carbonyl (C=O) groups is 1. The van der Waals surface area contributed by atoms with Gasteiger partial charge in [0.25, 0.3) is 5.56 Å². The average Bonchev–Trinajstić information content (AvgIpc) is 3.24. The fourth-order valence-corrected chi connectivity index (χ4v) is 4.12. The van der Waals surface area contributed by atoms with E-state index in [-0.39, 0.29) is 11.3 Å². The number of methoxy groups -OCH3 is 1. The molecular weight excluding hydrogens is 460 g/mol. The van der Waals surface area contributed by atoms with Gasteiger partial charge in [-0.2, -0.15) is 9.50 Å². The predicted molar refractivity (Wildman–Crippen MR) is 111 cm³/mol. The summed E-state index contributed by atoms with van der Waals surface area (Å²) < 4.78 is 12.8. The van der Waals surface area contributed by atoms with Gasteiger partial charge in [-0.05, 0) is 51.8 Å². The fourth-order valence-electron chi connectivity index (χ4n) is 2.67. The lowest BCUT2D eigenvalue weighted by Gasteiger charge is -2.10. The number of fused-ring (bicyclic) bond motifs is 1. The van der Waals surface area contributed by atoms with E-state index in [1.165, 1.54) is 29.9 Å². The molecule has 0 spiro atoms. The second kappa shape index (κ2) is 7.72. The van der Waals surface area contributed by atoms with Crippen LogP contribution in [0.2, 0.25) is 0 Å². The summed E-state index contributed by atoms with van der Waals surface area (Å²) in [4.78, 5) is 33.0. The minimum atomic E-state index is -0.461. The number of rotatable bonds is 4. The molecule has 146 valence electrons. The van der Waals surface area contributed by atoms with Crippen LogP contribution in [-0.2, 0) is 4.79 Å². The second-order valence-electron chi connectivity index (χ2n) is 5.92. The summed E-state index contributed by atoms with van der Waals surface area (Å²) in [5, 5.41) is 4.29. The second-order valence-corrected chi connectivity index (χ2v) is 7.78. The topological polar surface area (TPSA) is 95.7 Å². The van der Waals surface area contributed by atoms with Crippen LogP contribution in [0.3, 0.4) is 0 Å². The van der Waals surface area contributed by atoms with Crippen LogP contribution in [0.5, 0.6) is 11.5 Å². The summed E-state index contributed by atoms with van der Waals surface area (Å²) in [7, 11) is 1.47. The van der Waals surface area contributed by atoms with Crippen molar-refractivity contribution in [3.8, 4) is 22.9 Å². The fraction of sp³-hybridized carbons (Fsp3) is 0.105. The number of esters is 1. The summed E-state index contributed by atoms with van der Waals surface area (Å²) >= 11 is 4.60. The van der Waals surface area contributed by atoms with Crippen molar-refractivity contribution in [1.82, 2.24) is 19.6 Å². The van der Waals surface area contributed by atoms with Crippen LogP contribution in [0, 0.1) is 0 Å². The first-order chi connectivity index (χ1) is 14.0. The molecule has 4 rings (SSSR count). The van der Waals surface area contributed by atoms with Crippen molar-refractivity contribution < 1.29 is 14.3 Å². The highest BCUT2D eigenvalue weighted by molar-refractivity contribution is 9.10. The highest BCUT2D eigenvalue weighted by atomic mass is 79.9. The van der Waals surface area contributed by atoms with Crippen LogP contribution in [0.15, 0.2) is 45.9 Å². The van der Waals surface area contributed by atoms with Crippen molar-refractivity contribution in [2.24, 2.45) is 0 Å². The Bertz CT molecular complexity index is 1330. The number of aromatic nitrogens is 4. The summed E-state index contributed by atoms with van der Waals surface area (Å²) in [5.41, 5.74) is 1.16. The molecule has 0 fully saturated rings. The van der Waals surface area contributed by atoms with E-state index in [2.05, 4.69) is 31.0 Å². The molecule has 0 unspecified atom stereocenters. The van der Waals surface area contributed by atoms with E-state index in [9.17, 15) is 9.59 Å². The van der Waals surface area contributed by atoms with Gasteiger partial charge in [0, 0.05) is 24.9 Å². The summed E-state index contributed by atoms with van der Waals surface area (Å²) in [6, 6.07) is 7.03. The monoisotopic (exact) mass is 472 g/mol. The van der Waals surface area contributed by atoms with Crippen LogP contribution in [-0.4, -0.2) is 32.7 Å². The summed E-state index contributed by atoms with van der Waals surface area (Å²) in [6.07, 6.45) is 5.01. The molecule has 0 saturated carbocycles. The van der Waals surface area contributed by atoms with Gasteiger partial charge in [0.15, 0.2) is 17.3 Å². The molecule has 0 aliphatic heterocycles. The molecular formula is C19H13BrN4O4S. The van der Waals surface area contributed by atoms with E-state index < -0.39 is 5.97 Å². The van der Waals surface area contributed by atoms with Gasteiger partial charge in [-0.1, -0.05) is 11.3 Å². The van der Waals surface area contributed by atoms with Gasteiger partial charge in [-0.15, -0.1) is 5.10 Å². The third-order valence-corrected chi connectivity index (χ3v) is 5.45. The van der Waals surface area contributed by atoms with Crippen LogP contribution in [0.25, 0.3) is 22.4 Å². The van der Waals surface area contributed by atoms with Crippen molar-refractivity contribution in [2.75, 3.05) is 7.11 Å². The number of hydrogen-bond acceptors (Lipinski definition) is 8. The van der Waals surface area contributed by atoms with Crippen LogP contribution >= 0.6 is 27.3 Å². The first-order valence-electron chi connectivity index (χ1n) is 8.34. The van der Waals surface area contributed by atoms with E-state index in [4.69, 9.17) is 9.47 Å². The number of benzene rings is 1. The molecule has 0 amide bonds. The lowest BCUT2D eigenvalue weighted by molar-refractivity contribution is -0.132. The molecule has 3 aromatic heterocycles. The molecule has 0 saturated heterocycles. The highest BCUT2D eigenvalue weighted by Gasteiger charge is 2.15. The Morgan fingerprint density at radius 3 is 2.83 bits per heavy atom. The normalized spacial score (nSPS) is 11.8. The molecule has 8 nitrogen and oxygen atoms in total. The lowest BCUT2D eigenvalue weighted by atomic mass is 10.2. The van der Waals surface area contributed by atoms with Gasteiger partial charge in [0.2, 0.25) is 4.96 Å². The molecule has 29 heavy (non-hydrogen) atoms. The number of carbonyl (C=O) groups excluding carboxylic acids is 1. The third-order valence-electron chi connectivity index (χ3n) is 3.90. The van der Waals surface area contributed by atoms with E-state index in [0.29, 0.717) is 31.1 Å². The first kappa shape index (κ1) is 19.2. The Kier molecular flexibility index (Phi) is 5.12. The number of ether oxygens (including phenoxy) is 2. The molecule has 0 aliphatic rings. The molecule has 3 heterocycles. The van der Waals surface area contributed by atoms with Gasteiger partial charge in [0.1, 0.15) is 0 Å². The minimum absolute atomic E-state index is 0.271. The van der Waals surface area contributed by atoms with Crippen molar-refractivity contribution in [2.45, 2.75) is 6.92 Å². The number of nitrogens with zero attached hydrogens (tertiary/aromatic N) is 4. The van der Waals surface area contributed by atoms with E-state index in [1.54, 1.807) is 36.7 Å². The Morgan fingerprint density at radius 1 is 1.34 bits per heavy atom. The van der Waals surface area contributed by atoms with Crippen molar-refractivity contribution >= 4 is 44.3 Å². The Labute approximate surface area is 176 Å². The summed E-state index contributed by atoms with van der Waals surface area (Å²) in [6.45, 7) is 1.31. The zero-order valence-electron chi connectivity index (χ0n) is 15.2. The van der Waals surface area contributed by atoms with E-state index in [1.807, 2.05) is 6.07 Å². The Hall–Kier alpha value is -3.11. The van der Waals surface area contributed by atoms with Crippen LogP contribution < -0.4 is 19.6 Å². The minimum Gasteiger partial charge on any atom is -0.493 e. The standard InChI is InChI=1S/C19H13BrN4O4S/c1-10(25)28-16-13(20)6-11(7-14(16)27-2)8-15-18(26)24-19(29-15)22-17(23-24)12-4-3-5-21-9-12/h3-9H,1-2H3/b15-8-. The van der Waals surface area contributed by atoms with Gasteiger partial charge >= 0.3 is 5.97 Å². The van der Waals surface area contributed by atoms with E-state index >= 15 is 0 Å². The van der Waals surface area contributed by atoms with Crippen LogP contribution in [0.4, 0.5) is 0 Å². The molecule has 0 atom stereocenters. The smallest absolute Gasteiger partial charge is 0.308 e. The van der Waals surface area contributed by atoms with Crippen molar-refractivity contribution in [3.63, 3.8) is 0 Å². The maximum absolute atomic E-state index is 12.7. The maximum Gasteiger partial charge on any atom is 0.308 e. The zero-order chi connectivity index (χ0) is 20.5. The highest BCUT2D eigenvalue weighted by Crippen LogP contribution is 2.37. The zero-order valence-corrected chi connectivity index (χ0v) is 17.7. The maximum atomic E-state index is 12.7. The summed E-state index contributed by atoms with van der Waals surface area (Å²) in [5.74, 6) is 0.635. The number of hydrogen-bond donors (Lipinski definition) is 0. The number of pyridine rings is 1.